The molecule has 1 saturated heterocycles. The fourth-order valence-corrected chi connectivity index (χ4v) is 2.70. The molecule has 0 aromatic rings. The third-order valence-electron chi connectivity index (χ3n) is 2.15. The lowest BCUT2D eigenvalue weighted by Crippen LogP contribution is -2.55. The average Bonchev–Trinajstić information content (AvgIpc) is 2.26. The number of rotatable bonds is 4. The molecule has 0 aromatic heterocycles. The molecule has 2 N–H and O–H groups in total. The van der Waals surface area contributed by atoms with E-state index in [0.29, 0.717) is 0 Å². The van der Waals surface area contributed by atoms with Crippen LogP contribution in [0.1, 0.15) is 0 Å². The first-order valence-electron chi connectivity index (χ1n) is 4.78. The molecule has 1 aliphatic heterocycles. The molecule has 102 valence electrons. The second-order valence-electron chi connectivity index (χ2n) is 3.46. The van der Waals surface area contributed by atoms with Gasteiger partial charge in [0.05, 0.1) is 25.9 Å². The van der Waals surface area contributed by atoms with Crippen LogP contribution >= 0.6 is 0 Å². The minimum atomic E-state index is -4.62. The topological polar surface area (TPSA) is 78.9 Å². The molecule has 0 amide bonds. The van der Waals surface area contributed by atoms with Crippen molar-refractivity contribution < 1.29 is 31.4 Å². The molecule has 0 bridgehead atoms. The van der Waals surface area contributed by atoms with Crippen molar-refractivity contribution in [2.24, 2.45) is 0 Å². The van der Waals surface area contributed by atoms with Crippen molar-refractivity contribution in [3.8, 4) is 0 Å². The van der Waals surface area contributed by atoms with Crippen molar-refractivity contribution in [3.63, 3.8) is 0 Å². The van der Waals surface area contributed by atoms with Gasteiger partial charge in [-0.3, -0.25) is 0 Å². The number of ether oxygens (including phenoxy) is 1. The first-order valence-corrected chi connectivity index (χ1v) is 6.22. The minimum absolute atomic E-state index is 0.0383. The standard InChI is InChI=1S/C7H13F3N2O4S/c8-7(9,10)5-11-17(14,15)12-1-2-16-4-6(12)3-13/h6,11,13H,1-5H2. The molecule has 1 rings (SSSR count). The van der Waals surface area contributed by atoms with Crippen LogP contribution < -0.4 is 4.72 Å². The van der Waals surface area contributed by atoms with Gasteiger partial charge in [-0.15, -0.1) is 0 Å². The Morgan fingerprint density at radius 3 is 2.65 bits per heavy atom. The van der Waals surface area contributed by atoms with E-state index in [-0.39, 0.29) is 19.8 Å². The summed E-state index contributed by atoms with van der Waals surface area (Å²) in [5, 5.41) is 8.92. The summed E-state index contributed by atoms with van der Waals surface area (Å²) in [6.07, 6.45) is -4.62. The highest BCUT2D eigenvalue weighted by Crippen LogP contribution is 2.15. The Balaban J connectivity index is 2.68. The number of alkyl halides is 3. The third-order valence-corrected chi connectivity index (χ3v) is 3.76. The second kappa shape index (κ2) is 5.48. The largest absolute Gasteiger partial charge is 0.402 e. The number of halogens is 3. The summed E-state index contributed by atoms with van der Waals surface area (Å²) in [6, 6.07) is -0.852. The van der Waals surface area contributed by atoms with Gasteiger partial charge in [-0.25, -0.2) is 0 Å². The predicted molar refractivity (Wildman–Crippen MR) is 51.4 cm³/mol. The number of hydrogen-bond donors (Lipinski definition) is 2. The van der Waals surface area contributed by atoms with Crippen molar-refractivity contribution in [1.82, 2.24) is 9.03 Å². The molecule has 0 radical (unpaired) electrons. The molecule has 1 heterocycles. The van der Waals surface area contributed by atoms with Crippen LogP contribution in [0.15, 0.2) is 0 Å². The van der Waals surface area contributed by atoms with E-state index in [1.807, 2.05) is 0 Å². The zero-order valence-electron chi connectivity index (χ0n) is 8.77. The Labute approximate surface area is 96.5 Å². The molecule has 1 fully saturated rings. The van der Waals surface area contributed by atoms with Crippen molar-refractivity contribution >= 4 is 10.2 Å². The number of aliphatic hydroxyl groups excluding tert-OH is 1. The molecule has 0 saturated carbocycles. The Hall–Kier alpha value is -0.420. The van der Waals surface area contributed by atoms with Crippen LogP contribution in [0, 0.1) is 0 Å². The van der Waals surface area contributed by atoms with Crippen molar-refractivity contribution in [3.05, 3.63) is 0 Å². The van der Waals surface area contributed by atoms with E-state index in [1.165, 1.54) is 4.72 Å². The summed E-state index contributed by atoms with van der Waals surface area (Å²) < 4.78 is 66.0. The number of nitrogens with zero attached hydrogens (tertiary/aromatic N) is 1. The zero-order valence-corrected chi connectivity index (χ0v) is 9.59. The maximum absolute atomic E-state index is 11.9. The third kappa shape index (κ3) is 4.39. The number of morpholine rings is 1. The summed E-state index contributed by atoms with van der Waals surface area (Å²) in [6.45, 7) is -2.18. The number of nitrogens with one attached hydrogen (secondary N) is 1. The van der Waals surface area contributed by atoms with Gasteiger partial charge in [0.25, 0.3) is 10.2 Å². The summed E-state index contributed by atoms with van der Waals surface area (Å²) in [4.78, 5) is 0. The molecule has 1 aliphatic rings. The van der Waals surface area contributed by atoms with Crippen LogP contribution in [0.25, 0.3) is 0 Å². The lowest BCUT2D eigenvalue weighted by Gasteiger charge is -2.33. The Bertz CT molecular complexity index is 346. The van der Waals surface area contributed by atoms with Crippen molar-refractivity contribution in [2.75, 3.05) is 32.9 Å². The highest BCUT2D eigenvalue weighted by molar-refractivity contribution is 7.87. The Morgan fingerprint density at radius 2 is 2.12 bits per heavy atom. The average molecular weight is 278 g/mol. The van der Waals surface area contributed by atoms with E-state index in [9.17, 15) is 21.6 Å². The van der Waals surface area contributed by atoms with E-state index in [1.54, 1.807) is 0 Å². The minimum Gasteiger partial charge on any atom is -0.395 e. The Kier molecular flexibility index (Phi) is 4.72. The highest BCUT2D eigenvalue weighted by Gasteiger charge is 2.36. The SMILES string of the molecule is O=S(=O)(NCC(F)(F)F)N1CCOCC1CO. The van der Waals surface area contributed by atoms with E-state index in [2.05, 4.69) is 0 Å². The monoisotopic (exact) mass is 278 g/mol. The van der Waals surface area contributed by atoms with Gasteiger partial charge in [-0.1, -0.05) is 0 Å². The lowest BCUT2D eigenvalue weighted by molar-refractivity contribution is -0.121. The van der Waals surface area contributed by atoms with Crippen LogP contribution in [-0.2, 0) is 14.9 Å². The summed E-state index contributed by atoms with van der Waals surface area (Å²) in [7, 11) is -4.25. The summed E-state index contributed by atoms with van der Waals surface area (Å²) in [5.74, 6) is 0. The summed E-state index contributed by atoms with van der Waals surface area (Å²) in [5.41, 5.74) is 0. The molecular formula is C7H13F3N2O4S. The molecule has 6 nitrogen and oxygen atoms in total. The van der Waals surface area contributed by atoms with E-state index in [4.69, 9.17) is 9.84 Å². The first kappa shape index (κ1) is 14.6. The Morgan fingerprint density at radius 1 is 1.47 bits per heavy atom. The summed E-state index contributed by atoms with van der Waals surface area (Å²) >= 11 is 0. The van der Waals surface area contributed by atoms with Gasteiger partial charge in [-0.2, -0.15) is 30.6 Å². The van der Waals surface area contributed by atoms with Crippen LogP contribution in [0.3, 0.4) is 0 Å². The van der Waals surface area contributed by atoms with Crippen molar-refractivity contribution in [2.45, 2.75) is 12.2 Å². The van der Waals surface area contributed by atoms with Crippen LogP contribution in [0.2, 0.25) is 0 Å². The van der Waals surface area contributed by atoms with Gasteiger partial charge in [0, 0.05) is 6.54 Å². The first-order chi connectivity index (χ1) is 7.76. The zero-order chi connectivity index (χ0) is 13.1. The quantitative estimate of drug-likeness (QED) is 0.697. The van der Waals surface area contributed by atoms with Gasteiger partial charge in [0.2, 0.25) is 0 Å². The normalized spacial score (nSPS) is 23.9. The van der Waals surface area contributed by atoms with Crippen LogP contribution in [-0.4, -0.2) is 63.0 Å². The van der Waals surface area contributed by atoms with E-state index >= 15 is 0 Å². The van der Waals surface area contributed by atoms with Crippen LogP contribution in [0.5, 0.6) is 0 Å². The van der Waals surface area contributed by atoms with Gasteiger partial charge in [0.1, 0.15) is 6.54 Å². The smallest absolute Gasteiger partial charge is 0.395 e. The maximum atomic E-state index is 11.9. The molecule has 1 unspecified atom stereocenters. The molecular weight excluding hydrogens is 265 g/mol. The van der Waals surface area contributed by atoms with Crippen molar-refractivity contribution in [1.29, 1.82) is 0 Å². The highest BCUT2D eigenvalue weighted by atomic mass is 32.2. The molecule has 10 heteroatoms. The van der Waals surface area contributed by atoms with E-state index in [0.717, 1.165) is 4.31 Å². The van der Waals surface area contributed by atoms with Crippen LogP contribution in [0.4, 0.5) is 13.2 Å². The van der Waals surface area contributed by atoms with Gasteiger partial charge in [0.15, 0.2) is 0 Å². The van der Waals surface area contributed by atoms with Gasteiger partial charge >= 0.3 is 6.18 Å². The maximum Gasteiger partial charge on any atom is 0.402 e. The lowest BCUT2D eigenvalue weighted by atomic mass is 10.3. The second-order valence-corrected chi connectivity index (χ2v) is 5.17. The molecule has 0 spiro atoms. The molecule has 0 aliphatic carbocycles. The van der Waals surface area contributed by atoms with E-state index < -0.39 is 35.6 Å². The van der Waals surface area contributed by atoms with Gasteiger partial charge < -0.3 is 9.84 Å². The fraction of sp³-hybridized carbons (Fsp3) is 1.00. The predicted octanol–water partition coefficient (Wildman–Crippen LogP) is -0.924. The molecule has 17 heavy (non-hydrogen) atoms. The molecule has 0 aromatic carbocycles. The number of aliphatic hydroxyl groups is 1. The number of hydrogen-bond acceptors (Lipinski definition) is 4. The fourth-order valence-electron chi connectivity index (χ4n) is 1.36. The molecule has 1 atom stereocenters. The van der Waals surface area contributed by atoms with Gasteiger partial charge in [-0.05, 0) is 0 Å².